The molecule has 0 saturated carbocycles. The molecule has 14 heavy (non-hydrogen) atoms. The van der Waals surface area contributed by atoms with E-state index in [1.165, 1.54) is 0 Å². The molecular weight excluding hydrogens is 180 g/mol. The average Bonchev–Trinajstić information content (AvgIpc) is 2.25. The van der Waals surface area contributed by atoms with Gasteiger partial charge in [0.25, 0.3) is 0 Å². The number of nitrogens with one attached hydrogen (secondary N) is 1. The SMILES string of the molecule is COCCCNCCN1CCOCC1. The Morgan fingerprint density at radius 2 is 2.07 bits per heavy atom. The Morgan fingerprint density at radius 3 is 2.79 bits per heavy atom. The zero-order chi connectivity index (χ0) is 10.1. The average molecular weight is 202 g/mol. The van der Waals surface area contributed by atoms with Gasteiger partial charge in [-0.1, -0.05) is 0 Å². The van der Waals surface area contributed by atoms with Crippen molar-refractivity contribution >= 4 is 0 Å². The molecule has 0 aromatic rings. The van der Waals surface area contributed by atoms with E-state index < -0.39 is 0 Å². The van der Waals surface area contributed by atoms with Crippen molar-refractivity contribution < 1.29 is 9.47 Å². The quantitative estimate of drug-likeness (QED) is 0.587. The standard InChI is InChI=1S/C10H22N2O2/c1-13-8-2-3-11-4-5-12-6-9-14-10-7-12/h11H,2-10H2,1H3. The molecule has 0 amide bonds. The lowest BCUT2D eigenvalue weighted by Gasteiger charge is -2.26. The van der Waals surface area contributed by atoms with Crippen molar-refractivity contribution in [3.8, 4) is 0 Å². The first-order chi connectivity index (χ1) is 6.93. The summed E-state index contributed by atoms with van der Waals surface area (Å²) >= 11 is 0. The van der Waals surface area contributed by atoms with Gasteiger partial charge in [0.2, 0.25) is 0 Å². The summed E-state index contributed by atoms with van der Waals surface area (Å²) in [5.41, 5.74) is 0. The maximum absolute atomic E-state index is 5.28. The predicted molar refractivity (Wildman–Crippen MR) is 56.6 cm³/mol. The molecule has 84 valence electrons. The molecular formula is C10H22N2O2. The summed E-state index contributed by atoms with van der Waals surface area (Å²) in [5.74, 6) is 0. The highest BCUT2D eigenvalue weighted by atomic mass is 16.5. The molecule has 1 saturated heterocycles. The van der Waals surface area contributed by atoms with Crippen LogP contribution in [-0.4, -0.2) is 64.6 Å². The van der Waals surface area contributed by atoms with Gasteiger partial charge in [0.05, 0.1) is 13.2 Å². The summed E-state index contributed by atoms with van der Waals surface area (Å²) in [5, 5.41) is 3.41. The monoisotopic (exact) mass is 202 g/mol. The number of hydrogen-bond donors (Lipinski definition) is 1. The van der Waals surface area contributed by atoms with Gasteiger partial charge in [0.1, 0.15) is 0 Å². The second-order valence-electron chi connectivity index (χ2n) is 3.55. The van der Waals surface area contributed by atoms with Crippen molar-refractivity contribution in [2.24, 2.45) is 0 Å². The van der Waals surface area contributed by atoms with Gasteiger partial charge in [-0.2, -0.15) is 0 Å². The van der Waals surface area contributed by atoms with Crippen molar-refractivity contribution in [1.29, 1.82) is 0 Å². The van der Waals surface area contributed by atoms with Crippen LogP contribution in [0.15, 0.2) is 0 Å². The highest BCUT2D eigenvalue weighted by molar-refractivity contribution is 4.62. The minimum absolute atomic E-state index is 0.852. The lowest BCUT2D eigenvalue weighted by atomic mass is 10.4. The normalized spacial score (nSPS) is 18.6. The molecule has 0 bridgehead atoms. The van der Waals surface area contributed by atoms with E-state index in [0.29, 0.717) is 0 Å². The molecule has 1 aliphatic heterocycles. The molecule has 1 rings (SSSR count). The molecule has 0 unspecified atom stereocenters. The maximum Gasteiger partial charge on any atom is 0.0594 e. The summed E-state index contributed by atoms with van der Waals surface area (Å²) in [4.78, 5) is 2.44. The smallest absolute Gasteiger partial charge is 0.0594 e. The number of methoxy groups -OCH3 is 1. The van der Waals surface area contributed by atoms with Gasteiger partial charge in [0.15, 0.2) is 0 Å². The predicted octanol–water partition coefficient (Wildman–Crippen LogP) is -0.0553. The molecule has 0 spiro atoms. The fraction of sp³-hybridized carbons (Fsp3) is 1.00. The third kappa shape index (κ3) is 5.54. The molecule has 1 aliphatic rings. The first kappa shape index (κ1) is 11.9. The molecule has 0 atom stereocenters. The van der Waals surface area contributed by atoms with Crippen LogP contribution in [0.3, 0.4) is 0 Å². The number of rotatable bonds is 7. The molecule has 4 nitrogen and oxygen atoms in total. The topological polar surface area (TPSA) is 33.7 Å². The number of hydrogen-bond acceptors (Lipinski definition) is 4. The Kier molecular flexibility index (Phi) is 6.95. The van der Waals surface area contributed by atoms with Crippen LogP contribution in [0.5, 0.6) is 0 Å². The van der Waals surface area contributed by atoms with E-state index in [0.717, 1.165) is 59.0 Å². The largest absolute Gasteiger partial charge is 0.385 e. The van der Waals surface area contributed by atoms with Crippen molar-refractivity contribution in [2.45, 2.75) is 6.42 Å². The van der Waals surface area contributed by atoms with E-state index in [2.05, 4.69) is 10.2 Å². The second-order valence-corrected chi connectivity index (χ2v) is 3.55. The number of morpholine rings is 1. The van der Waals surface area contributed by atoms with Crippen molar-refractivity contribution in [1.82, 2.24) is 10.2 Å². The van der Waals surface area contributed by atoms with Crippen LogP contribution in [0, 0.1) is 0 Å². The van der Waals surface area contributed by atoms with Crippen LogP contribution >= 0.6 is 0 Å². The zero-order valence-corrected chi connectivity index (χ0v) is 9.13. The molecule has 1 heterocycles. The lowest BCUT2D eigenvalue weighted by Crippen LogP contribution is -2.40. The summed E-state index contributed by atoms with van der Waals surface area (Å²) in [6.45, 7) is 8.07. The fourth-order valence-corrected chi connectivity index (χ4v) is 1.53. The summed E-state index contributed by atoms with van der Waals surface area (Å²) in [6, 6.07) is 0. The molecule has 1 fully saturated rings. The van der Waals surface area contributed by atoms with Crippen LogP contribution in [-0.2, 0) is 9.47 Å². The van der Waals surface area contributed by atoms with Crippen LogP contribution < -0.4 is 5.32 Å². The Hall–Kier alpha value is -0.160. The fourth-order valence-electron chi connectivity index (χ4n) is 1.53. The summed E-state index contributed by atoms with van der Waals surface area (Å²) in [7, 11) is 1.74. The first-order valence-electron chi connectivity index (χ1n) is 5.43. The van der Waals surface area contributed by atoms with E-state index in [1.54, 1.807) is 7.11 Å². The van der Waals surface area contributed by atoms with Gasteiger partial charge in [-0.25, -0.2) is 0 Å². The Labute approximate surface area is 86.6 Å². The van der Waals surface area contributed by atoms with Gasteiger partial charge < -0.3 is 14.8 Å². The first-order valence-corrected chi connectivity index (χ1v) is 5.43. The minimum Gasteiger partial charge on any atom is -0.385 e. The van der Waals surface area contributed by atoms with Crippen molar-refractivity contribution in [3.63, 3.8) is 0 Å². The van der Waals surface area contributed by atoms with E-state index in [9.17, 15) is 0 Å². The van der Waals surface area contributed by atoms with Gasteiger partial charge in [-0.15, -0.1) is 0 Å². The minimum atomic E-state index is 0.852. The van der Waals surface area contributed by atoms with Gasteiger partial charge in [-0.05, 0) is 13.0 Å². The Balaban J connectivity index is 1.82. The second kappa shape index (κ2) is 8.17. The van der Waals surface area contributed by atoms with E-state index in [1.807, 2.05) is 0 Å². The third-order valence-electron chi connectivity index (χ3n) is 2.41. The number of ether oxygens (including phenoxy) is 2. The maximum atomic E-state index is 5.28. The van der Waals surface area contributed by atoms with Gasteiger partial charge >= 0.3 is 0 Å². The Bertz CT molecular complexity index is 127. The molecule has 1 N–H and O–H groups in total. The molecule has 0 aliphatic carbocycles. The summed E-state index contributed by atoms with van der Waals surface area (Å²) < 4.78 is 10.3. The van der Waals surface area contributed by atoms with Crippen LogP contribution in [0.2, 0.25) is 0 Å². The van der Waals surface area contributed by atoms with Crippen LogP contribution in [0.25, 0.3) is 0 Å². The van der Waals surface area contributed by atoms with Crippen molar-refractivity contribution in [3.05, 3.63) is 0 Å². The van der Waals surface area contributed by atoms with E-state index in [-0.39, 0.29) is 0 Å². The molecule has 4 heteroatoms. The van der Waals surface area contributed by atoms with Gasteiger partial charge in [-0.3, -0.25) is 4.90 Å². The third-order valence-corrected chi connectivity index (χ3v) is 2.41. The van der Waals surface area contributed by atoms with Crippen molar-refractivity contribution in [2.75, 3.05) is 59.7 Å². The van der Waals surface area contributed by atoms with Crippen LogP contribution in [0.4, 0.5) is 0 Å². The molecule has 0 aromatic heterocycles. The Morgan fingerprint density at radius 1 is 1.29 bits per heavy atom. The zero-order valence-electron chi connectivity index (χ0n) is 9.13. The summed E-state index contributed by atoms with van der Waals surface area (Å²) in [6.07, 6.45) is 1.10. The molecule has 0 aromatic carbocycles. The van der Waals surface area contributed by atoms with Gasteiger partial charge in [0, 0.05) is 39.9 Å². The van der Waals surface area contributed by atoms with E-state index in [4.69, 9.17) is 9.47 Å². The highest BCUT2D eigenvalue weighted by Crippen LogP contribution is 1.94. The van der Waals surface area contributed by atoms with Crippen LogP contribution in [0.1, 0.15) is 6.42 Å². The number of nitrogens with zero attached hydrogens (tertiary/aromatic N) is 1. The lowest BCUT2D eigenvalue weighted by molar-refractivity contribution is 0.0384. The van der Waals surface area contributed by atoms with E-state index >= 15 is 0 Å². The highest BCUT2D eigenvalue weighted by Gasteiger charge is 2.08. The molecule has 0 radical (unpaired) electrons.